The summed E-state index contributed by atoms with van der Waals surface area (Å²) >= 11 is 0. The van der Waals surface area contributed by atoms with Crippen molar-refractivity contribution in [2.45, 2.75) is 25.7 Å². The molecule has 0 bridgehead atoms. The van der Waals surface area contributed by atoms with Crippen molar-refractivity contribution in [2.24, 2.45) is 0 Å². The molecule has 0 aromatic heterocycles. The van der Waals surface area contributed by atoms with Gasteiger partial charge in [-0.2, -0.15) is 0 Å². The number of rotatable bonds is 2. The van der Waals surface area contributed by atoms with Gasteiger partial charge in [-0.1, -0.05) is 0 Å². The lowest BCUT2D eigenvalue weighted by Crippen LogP contribution is -2.28. The summed E-state index contributed by atoms with van der Waals surface area (Å²) < 4.78 is 0. The predicted molar refractivity (Wildman–Crippen MR) is 77.4 cm³/mol. The molecule has 2 N–H and O–H groups in total. The van der Waals surface area contributed by atoms with Crippen LogP contribution >= 0.6 is 0 Å². The van der Waals surface area contributed by atoms with Crippen molar-refractivity contribution in [3.05, 3.63) is 23.8 Å². The summed E-state index contributed by atoms with van der Waals surface area (Å²) in [6.45, 7) is 3.91. The Balaban J connectivity index is 1.80. The Kier molecular flexibility index (Phi) is 3.32. The zero-order valence-electron chi connectivity index (χ0n) is 11.3. The van der Waals surface area contributed by atoms with E-state index in [1.807, 2.05) is 23.1 Å². The third-order valence-corrected chi connectivity index (χ3v) is 4.11. The van der Waals surface area contributed by atoms with E-state index in [2.05, 4.69) is 4.90 Å². The number of amides is 1. The van der Waals surface area contributed by atoms with Gasteiger partial charge in [-0.25, -0.2) is 0 Å². The second kappa shape index (κ2) is 5.11. The van der Waals surface area contributed by atoms with Crippen molar-refractivity contribution in [3.8, 4) is 0 Å². The molecule has 0 radical (unpaired) electrons. The number of hydrogen-bond acceptors (Lipinski definition) is 3. The maximum absolute atomic E-state index is 12.3. The summed E-state index contributed by atoms with van der Waals surface area (Å²) in [6, 6.07) is 5.77. The lowest BCUT2D eigenvalue weighted by Gasteiger charge is -2.21. The van der Waals surface area contributed by atoms with Gasteiger partial charge in [0, 0.05) is 31.7 Å². The highest BCUT2D eigenvalue weighted by Gasteiger charge is 2.21. The molecule has 19 heavy (non-hydrogen) atoms. The Bertz CT molecular complexity index is 474. The smallest absolute Gasteiger partial charge is 0.253 e. The van der Waals surface area contributed by atoms with Crippen LogP contribution < -0.4 is 10.6 Å². The average molecular weight is 259 g/mol. The number of anilines is 2. The molecule has 2 saturated heterocycles. The molecule has 0 atom stereocenters. The lowest BCUT2D eigenvalue weighted by atomic mass is 10.1. The molecule has 0 aliphatic carbocycles. The summed E-state index contributed by atoms with van der Waals surface area (Å²) in [7, 11) is 0. The van der Waals surface area contributed by atoms with Crippen LogP contribution in [0.15, 0.2) is 18.2 Å². The van der Waals surface area contributed by atoms with Crippen LogP contribution in [0.25, 0.3) is 0 Å². The molecule has 102 valence electrons. The van der Waals surface area contributed by atoms with E-state index in [4.69, 9.17) is 5.73 Å². The van der Waals surface area contributed by atoms with Gasteiger partial charge >= 0.3 is 0 Å². The van der Waals surface area contributed by atoms with Crippen molar-refractivity contribution >= 4 is 17.3 Å². The first kappa shape index (κ1) is 12.3. The van der Waals surface area contributed by atoms with Crippen molar-refractivity contribution < 1.29 is 4.79 Å². The zero-order valence-corrected chi connectivity index (χ0v) is 11.3. The summed E-state index contributed by atoms with van der Waals surface area (Å²) in [5.41, 5.74) is 8.66. The Hall–Kier alpha value is -1.71. The lowest BCUT2D eigenvalue weighted by molar-refractivity contribution is 0.0793. The highest BCUT2D eigenvalue weighted by atomic mass is 16.2. The van der Waals surface area contributed by atoms with Crippen LogP contribution in [0.4, 0.5) is 11.4 Å². The van der Waals surface area contributed by atoms with Gasteiger partial charge in [0.05, 0.1) is 11.4 Å². The maximum atomic E-state index is 12.3. The fraction of sp³-hybridized carbons (Fsp3) is 0.533. The number of nitrogens with two attached hydrogens (primary N) is 1. The van der Waals surface area contributed by atoms with Crippen LogP contribution in [0.1, 0.15) is 36.0 Å². The SMILES string of the molecule is Nc1cc(C(=O)N2CCCC2)ccc1N1CCCC1. The topological polar surface area (TPSA) is 49.6 Å². The molecule has 0 unspecified atom stereocenters. The second-order valence-corrected chi connectivity index (χ2v) is 5.47. The molecular weight excluding hydrogens is 238 g/mol. The molecule has 1 aromatic rings. The number of hydrogen-bond donors (Lipinski definition) is 1. The minimum atomic E-state index is 0.122. The van der Waals surface area contributed by atoms with Gasteiger partial charge in [-0.3, -0.25) is 4.79 Å². The number of nitrogens with zero attached hydrogens (tertiary/aromatic N) is 2. The van der Waals surface area contributed by atoms with Gasteiger partial charge < -0.3 is 15.5 Å². The first-order valence-corrected chi connectivity index (χ1v) is 7.19. The van der Waals surface area contributed by atoms with E-state index in [1.54, 1.807) is 0 Å². The van der Waals surface area contributed by atoms with E-state index in [0.717, 1.165) is 56.0 Å². The number of carbonyl (C=O) groups is 1. The highest BCUT2D eigenvalue weighted by molar-refractivity contribution is 5.96. The molecule has 4 nitrogen and oxygen atoms in total. The number of likely N-dealkylation sites (tertiary alicyclic amines) is 1. The van der Waals surface area contributed by atoms with Crippen LogP contribution in [0, 0.1) is 0 Å². The molecule has 0 saturated carbocycles. The van der Waals surface area contributed by atoms with Crippen LogP contribution in [0.5, 0.6) is 0 Å². The summed E-state index contributed by atoms with van der Waals surface area (Å²) in [4.78, 5) is 16.5. The predicted octanol–water partition coefficient (Wildman–Crippen LogP) is 2.10. The fourth-order valence-electron chi connectivity index (χ4n) is 3.04. The Morgan fingerprint density at radius 2 is 1.63 bits per heavy atom. The van der Waals surface area contributed by atoms with Gasteiger partial charge in [0.15, 0.2) is 0 Å². The number of nitrogen functional groups attached to an aromatic ring is 1. The van der Waals surface area contributed by atoms with Crippen LogP contribution in [0.3, 0.4) is 0 Å². The molecule has 1 amide bonds. The highest BCUT2D eigenvalue weighted by Crippen LogP contribution is 2.28. The van der Waals surface area contributed by atoms with Gasteiger partial charge in [-0.15, -0.1) is 0 Å². The minimum Gasteiger partial charge on any atom is -0.397 e. The summed E-state index contributed by atoms with van der Waals surface area (Å²) in [6.07, 6.45) is 4.70. The molecule has 4 heteroatoms. The normalized spacial score (nSPS) is 19.2. The number of carbonyl (C=O) groups excluding carboxylic acids is 1. The van der Waals surface area contributed by atoms with Crippen molar-refractivity contribution in [2.75, 3.05) is 36.8 Å². The fourth-order valence-corrected chi connectivity index (χ4v) is 3.04. The molecular formula is C15H21N3O. The van der Waals surface area contributed by atoms with E-state index >= 15 is 0 Å². The molecule has 2 aliphatic heterocycles. The van der Waals surface area contributed by atoms with E-state index in [-0.39, 0.29) is 5.91 Å². The van der Waals surface area contributed by atoms with E-state index < -0.39 is 0 Å². The van der Waals surface area contributed by atoms with E-state index in [9.17, 15) is 4.79 Å². The average Bonchev–Trinajstić information content (AvgIpc) is 3.11. The van der Waals surface area contributed by atoms with Gasteiger partial charge in [-0.05, 0) is 43.9 Å². The first-order chi connectivity index (χ1) is 9.25. The molecule has 3 rings (SSSR count). The van der Waals surface area contributed by atoms with E-state index in [1.165, 1.54) is 12.8 Å². The molecule has 2 heterocycles. The third kappa shape index (κ3) is 2.39. The third-order valence-electron chi connectivity index (χ3n) is 4.11. The quantitative estimate of drug-likeness (QED) is 0.828. The molecule has 0 spiro atoms. The monoisotopic (exact) mass is 259 g/mol. The largest absolute Gasteiger partial charge is 0.397 e. The summed E-state index contributed by atoms with van der Waals surface area (Å²) in [5.74, 6) is 0.122. The van der Waals surface area contributed by atoms with Crippen molar-refractivity contribution in [1.29, 1.82) is 0 Å². The van der Waals surface area contributed by atoms with E-state index in [0.29, 0.717) is 0 Å². The molecule has 2 fully saturated rings. The van der Waals surface area contributed by atoms with Crippen LogP contribution in [-0.4, -0.2) is 37.0 Å². The summed E-state index contributed by atoms with van der Waals surface area (Å²) in [5, 5.41) is 0. The van der Waals surface area contributed by atoms with Gasteiger partial charge in [0.1, 0.15) is 0 Å². The molecule has 1 aromatic carbocycles. The van der Waals surface area contributed by atoms with Crippen LogP contribution in [0.2, 0.25) is 0 Å². The van der Waals surface area contributed by atoms with Crippen molar-refractivity contribution in [3.63, 3.8) is 0 Å². The zero-order chi connectivity index (χ0) is 13.2. The minimum absolute atomic E-state index is 0.122. The number of benzene rings is 1. The van der Waals surface area contributed by atoms with Gasteiger partial charge in [0.2, 0.25) is 0 Å². The maximum Gasteiger partial charge on any atom is 0.253 e. The van der Waals surface area contributed by atoms with Crippen molar-refractivity contribution in [1.82, 2.24) is 4.90 Å². The Labute approximate surface area is 114 Å². The first-order valence-electron chi connectivity index (χ1n) is 7.19. The standard InChI is InChI=1S/C15H21N3O/c16-13-11-12(15(19)18-9-3-4-10-18)5-6-14(13)17-7-1-2-8-17/h5-6,11H,1-4,7-10,16H2. The Morgan fingerprint density at radius 3 is 2.26 bits per heavy atom. The molecule has 2 aliphatic rings. The Morgan fingerprint density at radius 1 is 1.00 bits per heavy atom. The van der Waals surface area contributed by atoms with Gasteiger partial charge in [0.25, 0.3) is 5.91 Å². The second-order valence-electron chi connectivity index (χ2n) is 5.47. The van der Waals surface area contributed by atoms with Crippen LogP contribution in [-0.2, 0) is 0 Å².